The number of halogens is 1. The van der Waals surface area contributed by atoms with E-state index < -0.39 is 0 Å². The summed E-state index contributed by atoms with van der Waals surface area (Å²) in [6, 6.07) is 12.5. The van der Waals surface area contributed by atoms with Crippen LogP contribution in [0.2, 0.25) is 0 Å². The third-order valence-corrected chi connectivity index (χ3v) is 4.54. The molecule has 0 saturated heterocycles. The molecule has 0 radical (unpaired) electrons. The first-order valence-corrected chi connectivity index (χ1v) is 8.37. The molecule has 1 amide bonds. The van der Waals surface area contributed by atoms with E-state index in [1.165, 1.54) is 12.1 Å². The zero-order valence-corrected chi connectivity index (χ0v) is 14.8. The molecule has 1 aliphatic rings. The van der Waals surface area contributed by atoms with Gasteiger partial charge in [0.15, 0.2) is 0 Å². The van der Waals surface area contributed by atoms with Gasteiger partial charge in [-0.25, -0.2) is 4.39 Å². The molecule has 1 aliphatic heterocycles. The quantitative estimate of drug-likeness (QED) is 0.856. The lowest BCUT2D eigenvalue weighted by atomic mass is 9.95. The highest BCUT2D eigenvalue weighted by atomic mass is 19.1. The van der Waals surface area contributed by atoms with Crippen LogP contribution >= 0.6 is 0 Å². The SMILES string of the molecule is CN(Cc1ccccc1N(C)C)C(=O)C1COc2ccc(F)cc2C1. The maximum absolute atomic E-state index is 13.4. The van der Waals surface area contributed by atoms with Gasteiger partial charge < -0.3 is 14.5 Å². The van der Waals surface area contributed by atoms with Crippen LogP contribution in [0.1, 0.15) is 11.1 Å². The molecule has 0 spiro atoms. The summed E-state index contributed by atoms with van der Waals surface area (Å²) >= 11 is 0. The average Bonchev–Trinajstić information content (AvgIpc) is 2.60. The Kier molecular flexibility index (Phi) is 4.93. The number of ether oxygens (including phenoxy) is 1. The maximum atomic E-state index is 13.4. The van der Waals surface area contributed by atoms with Crippen molar-refractivity contribution in [1.82, 2.24) is 4.90 Å². The van der Waals surface area contributed by atoms with Gasteiger partial charge in [-0.05, 0) is 41.8 Å². The van der Waals surface area contributed by atoms with Crippen molar-refractivity contribution in [2.45, 2.75) is 13.0 Å². The van der Waals surface area contributed by atoms with Crippen LogP contribution in [0.3, 0.4) is 0 Å². The Morgan fingerprint density at radius 2 is 1.96 bits per heavy atom. The van der Waals surface area contributed by atoms with Crippen molar-refractivity contribution in [1.29, 1.82) is 0 Å². The van der Waals surface area contributed by atoms with Crippen molar-refractivity contribution >= 4 is 11.6 Å². The summed E-state index contributed by atoms with van der Waals surface area (Å²) in [5, 5.41) is 0. The second kappa shape index (κ2) is 7.13. The summed E-state index contributed by atoms with van der Waals surface area (Å²) in [6.45, 7) is 0.858. The number of carbonyl (C=O) groups excluding carboxylic acids is 1. The molecular weight excluding hydrogens is 319 g/mol. The fourth-order valence-corrected chi connectivity index (χ4v) is 3.25. The summed E-state index contributed by atoms with van der Waals surface area (Å²) in [4.78, 5) is 16.6. The van der Waals surface area contributed by atoms with Crippen LogP contribution in [0.4, 0.5) is 10.1 Å². The molecule has 0 N–H and O–H groups in total. The number of carbonyl (C=O) groups is 1. The molecule has 132 valence electrons. The van der Waals surface area contributed by atoms with E-state index in [0.29, 0.717) is 25.3 Å². The monoisotopic (exact) mass is 342 g/mol. The minimum absolute atomic E-state index is 0.0171. The first-order valence-electron chi connectivity index (χ1n) is 8.37. The van der Waals surface area contributed by atoms with Crippen LogP contribution in [0, 0.1) is 11.7 Å². The highest BCUT2D eigenvalue weighted by Gasteiger charge is 2.28. The lowest BCUT2D eigenvalue weighted by Crippen LogP contribution is -2.38. The summed E-state index contributed by atoms with van der Waals surface area (Å²) in [5.41, 5.74) is 2.94. The summed E-state index contributed by atoms with van der Waals surface area (Å²) in [5.74, 6) is 0.101. The zero-order valence-electron chi connectivity index (χ0n) is 14.8. The number of anilines is 1. The van der Waals surface area contributed by atoms with Crippen LogP contribution in [0.25, 0.3) is 0 Å². The predicted octanol–water partition coefficient (Wildman–Crippen LogP) is 3.10. The molecule has 1 unspecified atom stereocenters. The van der Waals surface area contributed by atoms with Crippen molar-refractivity contribution in [3.05, 3.63) is 59.4 Å². The van der Waals surface area contributed by atoms with E-state index in [-0.39, 0.29) is 17.6 Å². The molecule has 0 fully saturated rings. The van der Waals surface area contributed by atoms with E-state index in [4.69, 9.17) is 4.74 Å². The molecular formula is C20H23FN2O2. The van der Waals surface area contributed by atoms with E-state index in [2.05, 4.69) is 0 Å². The zero-order chi connectivity index (χ0) is 18.0. The molecule has 2 aromatic carbocycles. The smallest absolute Gasteiger partial charge is 0.229 e. The van der Waals surface area contributed by atoms with Crippen LogP contribution in [0.5, 0.6) is 5.75 Å². The van der Waals surface area contributed by atoms with Crippen molar-refractivity contribution < 1.29 is 13.9 Å². The Hall–Kier alpha value is -2.56. The Bertz CT molecular complexity index is 776. The van der Waals surface area contributed by atoms with Crippen LogP contribution in [-0.4, -0.2) is 38.6 Å². The fourth-order valence-electron chi connectivity index (χ4n) is 3.25. The van der Waals surface area contributed by atoms with Gasteiger partial charge in [-0.15, -0.1) is 0 Å². The maximum Gasteiger partial charge on any atom is 0.229 e. The molecule has 0 aromatic heterocycles. The molecule has 5 heteroatoms. The third-order valence-electron chi connectivity index (χ3n) is 4.54. The lowest BCUT2D eigenvalue weighted by Gasteiger charge is -2.29. The summed E-state index contributed by atoms with van der Waals surface area (Å²) < 4.78 is 19.1. The molecule has 2 aromatic rings. The number of hydrogen-bond acceptors (Lipinski definition) is 3. The van der Waals surface area contributed by atoms with E-state index >= 15 is 0 Å². The first kappa shape index (κ1) is 17.3. The molecule has 1 heterocycles. The number of nitrogens with zero attached hydrogens (tertiary/aromatic N) is 2. The summed E-state index contributed by atoms with van der Waals surface area (Å²) in [6.07, 6.45) is 0.506. The molecule has 3 rings (SSSR count). The molecule has 25 heavy (non-hydrogen) atoms. The number of hydrogen-bond donors (Lipinski definition) is 0. The number of para-hydroxylation sites is 1. The average molecular weight is 342 g/mol. The minimum atomic E-state index is -0.302. The normalized spacial score (nSPS) is 15.9. The number of amides is 1. The van der Waals surface area contributed by atoms with Crippen LogP contribution in [-0.2, 0) is 17.8 Å². The fraction of sp³-hybridized carbons (Fsp3) is 0.350. The van der Waals surface area contributed by atoms with Gasteiger partial charge in [-0.1, -0.05) is 18.2 Å². The number of benzene rings is 2. The Morgan fingerprint density at radius 1 is 1.20 bits per heavy atom. The van der Waals surface area contributed by atoms with Crippen molar-refractivity contribution in [3.63, 3.8) is 0 Å². The van der Waals surface area contributed by atoms with Crippen molar-refractivity contribution in [3.8, 4) is 5.75 Å². The van der Waals surface area contributed by atoms with Gasteiger partial charge in [-0.2, -0.15) is 0 Å². The Labute approximate surface area is 147 Å². The van der Waals surface area contributed by atoms with Crippen molar-refractivity contribution in [2.24, 2.45) is 5.92 Å². The van der Waals surface area contributed by atoms with E-state index in [1.54, 1.807) is 18.0 Å². The van der Waals surface area contributed by atoms with Crippen LogP contribution < -0.4 is 9.64 Å². The molecule has 0 saturated carbocycles. The lowest BCUT2D eigenvalue weighted by molar-refractivity contribution is -0.136. The van der Waals surface area contributed by atoms with Gasteiger partial charge in [0.25, 0.3) is 0 Å². The standard InChI is InChI=1S/C20H23FN2O2/c1-22(2)18-7-5-4-6-14(18)12-23(3)20(24)16-10-15-11-17(21)8-9-19(15)25-13-16/h4-9,11,16H,10,12-13H2,1-3H3. The van der Waals surface area contributed by atoms with Gasteiger partial charge in [0.2, 0.25) is 5.91 Å². The molecule has 0 bridgehead atoms. The molecule has 0 aliphatic carbocycles. The topological polar surface area (TPSA) is 32.8 Å². The number of fused-ring (bicyclic) bond motifs is 1. The highest BCUT2D eigenvalue weighted by Crippen LogP contribution is 2.29. The van der Waals surface area contributed by atoms with E-state index in [1.807, 2.05) is 43.3 Å². The summed E-state index contributed by atoms with van der Waals surface area (Å²) in [7, 11) is 5.78. The highest BCUT2D eigenvalue weighted by molar-refractivity contribution is 5.79. The number of rotatable bonds is 4. The van der Waals surface area contributed by atoms with Gasteiger partial charge in [-0.3, -0.25) is 4.79 Å². The second-order valence-electron chi connectivity index (χ2n) is 6.68. The van der Waals surface area contributed by atoms with Gasteiger partial charge in [0.1, 0.15) is 18.2 Å². The molecule has 4 nitrogen and oxygen atoms in total. The first-order chi connectivity index (χ1) is 12.0. The third kappa shape index (κ3) is 3.76. The minimum Gasteiger partial charge on any atom is -0.492 e. The van der Waals surface area contributed by atoms with Gasteiger partial charge in [0.05, 0.1) is 5.92 Å². The van der Waals surface area contributed by atoms with Gasteiger partial charge in [0, 0.05) is 33.4 Å². The Balaban J connectivity index is 1.71. The molecule has 1 atom stereocenters. The van der Waals surface area contributed by atoms with Gasteiger partial charge >= 0.3 is 0 Å². The second-order valence-corrected chi connectivity index (χ2v) is 6.68. The predicted molar refractivity (Wildman–Crippen MR) is 96.3 cm³/mol. The van der Waals surface area contributed by atoms with Crippen LogP contribution in [0.15, 0.2) is 42.5 Å². The van der Waals surface area contributed by atoms with E-state index in [0.717, 1.165) is 16.8 Å². The largest absolute Gasteiger partial charge is 0.492 e. The van der Waals surface area contributed by atoms with E-state index in [9.17, 15) is 9.18 Å². The Morgan fingerprint density at radius 3 is 2.72 bits per heavy atom. The van der Waals surface area contributed by atoms with Crippen molar-refractivity contribution in [2.75, 3.05) is 32.6 Å².